The quantitative estimate of drug-likeness (QED) is 0.455. The van der Waals surface area contributed by atoms with Crippen molar-refractivity contribution in [2.24, 2.45) is 0 Å². The molecule has 0 radical (unpaired) electrons. The van der Waals surface area contributed by atoms with Crippen molar-refractivity contribution in [2.75, 3.05) is 19.4 Å². The number of benzene rings is 1. The van der Waals surface area contributed by atoms with Crippen molar-refractivity contribution in [3.05, 3.63) is 17.7 Å². The fourth-order valence-electron chi connectivity index (χ4n) is 1.68. The SMILES string of the molecule is C#CCCCCNS(=O)(=O)c1cc(N)c(C)cc1OC. The van der Waals surface area contributed by atoms with Gasteiger partial charge in [-0.25, -0.2) is 13.1 Å². The highest BCUT2D eigenvalue weighted by molar-refractivity contribution is 7.89. The van der Waals surface area contributed by atoms with Gasteiger partial charge in [0.05, 0.1) is 7.11 Å². The monoisotopic (exact) mass is 296 g/mol. The molecule has 20 heavy (non-hydrogen) atoms. The van der Waals surface area contributed by atoms with E-state index in [9.17, 15) is 8.42 Å². The first-order valence-corrected chi connectivity index (χ1v) is 7.78. The number of nitrogens with two attached hydrogens (primary N) is 1. The van der Waals surface area contributed by atoms with Crippen LogP contribution in [-0.2, 0) is 10.0 Å². The fraction of sp³-hybridized carbons (Fsp3) is 0.429. The molecule has 6 heteroatoms. The van der Waals surface area contributed by atoms with Crippen LogP contribution in [0.5, 0.6) is 5.75 Å². The van der Waals surface area contributed by atoms with Crippen LogP contribution in [0.1, 0.15) is 24.8 Å². The van der Waals surface area contributed by atoms with E-state index >= 15 is 0 Å². The van der Waals surface area contributed by atoms with Gasteiger partial charge in [0.25, 0.3) is 0 Å². The molecular weight excluding hydrogens is 276 g/mol. The summed E-state index contributed by atoms with van der Waals surface area (Å²) in [6.45, 7) is 2.13. The highest BCUT2D eigenvalue weighted by atomic mass is 32.2. The van der Waals surface area contributed by atoms with Gasteiger partial charge in [-0.15, -0.1) is 12.3 Å². The highest BCUT2D eigenvalue weighted by Crippen LogP contribution is 2.28. The molecule has 0 spiro atoms. The zero-order valence-electron chi connectivity index (χ0n) is 11.8. The molecule has 0 aliphatic rings. The van der Waals surface area contributed by atoms with E-state index in [0.29, 0.717) is 25.1 Å². The Balaban J connectivity index is 2.87. The van der Waals surface area contributed by atoms with Crippen molar-refractivity contribution in [3.8, 4) is 18.1 Å². The molecule has 3 N–H and O–H groups in total. The number of hydrogen-bond donors (Lipinski definition) is 2. The van der Waals surface area contributed by atoms with E-state index in [1.165, 1.54) is 13.2 Å². The Bertz CT molecular complexity index is 604. The lowest BCUT2D eigenvalue weighted by molar-refractivity contribution is 0.402. The van der Waals surface area contributed by atoms with Crippen molar-refractivity contribution < 1.29 is 13.2 Å². The minimum absolute atomic E-state index is 0.0556. The van der Waals surface area contributed by atoms with Crippen LogP contribution >= 0.6 is 0 Å². The Labute approximate surface area is 120 Å². The summed E-state index contributed by atoms with van der Waals surface area (Å²) in [5.41, 5.74) is 6.95. The molecule has 0 bridgehead atoms. The first kappa shape index (κ1) is 16.3. The zero-order chi connectivity index (χ0) is 15.2. The predicted octanol–water partition coefficient (Wildman–Crippen LogP) is 1.67. The van der Waals surface area contributed by atoms with Gasteiger partial charge in [0.15, 0.2) is 0 Å². The summed E-state index contributed by atoms with van der Waals surface area (Å²) < 4.78 is 32.1. The topological polar surface area (TPSA) is 81.4 Å². The lowest BCUT2D eigenvalue weighted by Gasteiger charge is -2.13. The molecule has 0 saturated carbocycles. The van der Waals surface area contributed by atoms with Crippen LogP contribution < -0.4 is 15.2 Å². The third-order valence-corrected chi connectivity index (χ3v) is 4.36. The summed E-state index contributed by atoms with van der Waals surface area (Å²) in [5.74, 6) is 2.80. The molecule has 1 rings (SSSR count). The Hall–Kier alpha value is -1.71. The minimum atomic E-state index is -3.64. The van der Waals surface area contributed by atoms with Crippen LogP contribution in [0, 0.1) is 19.3 Å². The van der Waals surface area contributed by atoms with Gasteiger partial charge in [0.2, 0.25) is 10.0 Å². The second kappa shape index (κ2) is 7.17. The minimum Gasteiger partial charge on any atom is -0.495 e. The molecule has 0 heterocycles. The third kappa shape index (κ3) is 4.15. The van der Waals surface area contributed by atoms with Crippen LogP contribution in [0.2, 0.25) is 0 Å². The molecule has 0 unspecified atom stereocenters. The smallest absolute Gasteiger partial charge is 0.244 e. The number of nitrogens with one attached hydrogen (secondary N) is 1. The number of terminal acetylenes is 1. The molecular formula is C14H20N2O3S. The van der Waals surface area contributed by atoms with E-state index in [4.69, 9.17) is 16.9 Å². The molecule has 0 aliphatic carbocycles. The second-order valence-corrected chi connectivity index (χ2v) is 6.15. The number of ether oxygens (including phenoxy) is 1. The Kier molecular flexibility index (Phi) is 5.86. The van der Waals surface area contributed by atoms with Crippen LogP contribution in [0.15, 0.2) is 17.0 Å². The molecule has 1 aromatic carbocycles. The van der Waals surface area contributed by atoms with Crippen molar-refractivity contribution in [1.82, 2.24) is 4.72 Å². The van der Waals surface area contributed by atoms with Crippen LogP contribution in [0.4, 0.5) is 5.69 Å². The predicted molar refractivity (Wildman–Crippen MR) is 80.0 cm³/mol. The molecule has 0 saturated heterocycles. The Morgan fingerprint density at radius 3 is 2.70 bits per heavy atom. The highest BCUT2D eigenvalue weighted by Gasteiger charge is 2.20. The van der Waals surface area contributed by atoms with Crippen molar-refractivity contribution >= 4 is 15.7 Å². The molecule has 0 atom stereocenters. The number of anilines is 1. The molecule has 110 valence electrons. The Morgan fingerprint density at radius 1 is 1.40 bits per heavy atom. The summed E-state index contributed by atoms with van der Waals surface area (Å²) in [5, 5.41) is 0. The van der Waals surface area contributed by atoms with E-state index in [-0.39, 0.29) is 10.6 Å². The normalized spacial score (nSPS) is 11.1. The van der Waals surface area contributed by atoms with Gasteiger partial charge >= 0.3 is 0 Å². The second-order valence-electron chi connectivity index (χ2n) is 4.42. The summed E-state index contributed by atoms with van der Waals surface area (Å²) in [4.78, 5) is 0.0556. The van der Waals surface area contributed by atoms with Gasteiger partial charge < -0.3 is 10.5 Å². The van der Waals surface area contributed by atoms with Crippen LogP contribution in [0.25, 0.3) is 0 Å². The number of nitrogen functional groups attached to an aromatic ring is 1. The van der Waals surface area contributed by atoms with E-state index in [1.54, 1.807) is 13.0 Å². The first-order chi connectivity index (χ1) is 9.42. The number of aryl methyl sites for hydroxylation is 1. The van der Waals surface area contributed by atoms with Crippen LogP contribution in [-0.4, -0.2) is 22.1 Å². The van der Waals surface area contributed by atoms with E-state index in [2.05, 4.69) is 10.6 Å². The lowest BCUT2D eigenvalue weighted by Crippen LogP contribution is -2.25. The summed E-state index contributed by atoms with van der Waals surface area (Å²) in [6.07, 6.45) is 7.25. The molecule has 1 aromatic rings. The van der Waals surface area contributed by atoms with Gasteiger partial charge in [-0.05, 0) is 37.5 Å². The average molecular weight is 296 g/mol. The number of sulfonamides is 1. The average Bonchev–Trinajstić information content (AvgIpc) is 2.41. The molecule has 0 aromatic heterocycles. The number of methoxy groups -OCH3 is 1. The fourth-order valence-corrected chi connectivity index (χ4v) is 2.94. The van der Waals surface area contributed by atoms with Gasteiger partial charge in [-0.1, -0.05) is 0 Å². The van der Waals surface area contributed by atoms with Crippen molar-refractivity contribution in [1.29, 1.82) is 0 Å². The molecule has 0 fully saturated rings. The largest absolute Gasteiger partial charge is 0.495 e. The molecule has 0 aliphatic heterocycles. The standard InChI is InChI=1S/C14H20N2O3S/c1-4-5-6-7-8-16-20(17,18)14-10-12(15)11(2)9-13(14)19-3/h1,9-10,16H,5-8,15H2,2-3H3. The third-order valence-electron chi connectivity index (χ3n) is 2.88. The maximum atomic E-state index is 12.2. The van der Waals surface area contributed by atoms with Gasteiger partial charge in [-0.2, -0.15) is 0 Å². The van der Waals surface area contributed by atoms with Gasteiger partial charge in [0.1, 0.15) is 10.6 Å². The van der Waals surface area contributed by atoms with Crippen molar-refractivity contribution in [2.45, 2.75) is 31.1 Å². The zero-order valence-corrected chi connectivity index (χ0v) is 12.6. The summed E-state index contributed by atoms with van der Waals surface area (Å²) in [6, 6.07) is 3.03. The lowest BCUT2D eigenvalue weighted by atomic mass is 10.2. The van der Waals surface area contributed by atoms with Gasteiger partial charge in [0, 0.05) is 18.7 Å². The summed E-state index contributed by atoms with van der Waals surface area (Å²) in [7, 11) is -2.21. The maximum absolute atomic E-state index is 12.2. The number of rotatable bonds is 7. The number of hydrogen-bond acceptors (Lipinski definition) is 4. The van der Waals surface area contributed by atoms with Gasteiger partial charge in [-0.3, -0.25) is 0 Å². The maximum Gasteiger partial charge on any atom is 0.244 e. The van der Waals surface area contributed by atoms with Crippen molar-refractivity contribution in [3.63, 3.8) is 0 Å². The molecule has 5 nitrogen and oxygen atoms in total. The van der Waals surface area contributed by atoms with E-state index in [0.717, 1.165) is 12.0 Å². The Morgan fingerprint density at radius 2 is 2.10 bits per heavy atom. The summed E-state index contributed by atoms with van der Waals surface area (Å²) >= 11 is 0. The first-order valence-electron chi connectivity index (χ1n) is 6.29. The number of unbranched alkanes of at least 4 members (excludes halogenated alkanes) is 2. The van der Waals surface area contributed by atoms with Crippen LogP contribution in [0.3, 0.4) is 0 Å². The van der Waals surface area contributed by atoms with E-state index < -0.39 is 10.0 Å². The molecule has 0 amide bonds. The van der Waals surface area contributed by atoms with E-state index in [1.807, 2.05) is 0 Å².